The smallest absolute Gasteiger partial charge is 0.136 e. The molecule has 0 nitrogen and oxygen atoms in total. The molecule has 0 fully saturated rings. The van der Waals surface area contributed by atoms with Gasteiger partial charge in [-0.3, -0.25) is 0 Å². The fourth-order valence-electron chi connectivity index (χ4n) is 0.822. The second-order valence-corrected chi connectivity index (χ2v) is 5.55. The Labute approximate surface area is 90.1 Å². The van der Waals surface area contributed by atoms with Crippen LogP contribution in [0.2, 0.25) is 0 Å². The Morgan fingerprint density at radius 3 is 2.58 bits per heavy atom. The fourth-order valence-corrected chi connectivity index (χ4v) is 2.43. The summed E-state index contributed by atoms with van der Waals surface area (Å²) in [6, 6.07) is 5.22. The number of hydrogen-bond acceptors (Lipinski definition) is 1. The van der Waals surface area contributed by atoms with Gasteiger partial charge in [0.2, 0.25) is 0 Å². The minimum absolute atomic E-state index is 0.135. The van der Waals surface area contributed by atoms with Gasteiger partial charge in [0.05, 0.1) is 0 Å². The van der Waals surface area contributed by atoms with Crippen LogP contribution in [0.25, 0.3) is 0 Å². The third kappa shape index (κ3) is 2.94. The van der Waals surface area contributed by atoms with Gasteiger partial charge < -0.3 is 0 Å². The van der Waals surface area contributed by atoms with E-state index in [2.05, 4.69) is 13.8 Å². The Hall–Kier alpha value is 0.230. The van der Waals surface area contributed by atoms with E-state index in [9.17, 15) is 4.39 Å². The van der Waals surface area contributed by atoms with E-state index in [0.29, 0.717) is 8.82 Å². The van der Waals surface area contributed by atoms with Crippen molar-refractivity contribution in [1.29, 1.82) is 0 Å². The quantitative estimate of drug-likeness (QED) is 0.588. The number of benzene rings is 1. The second kappa shape index (κ2) is 4.46. The highest BCUT2D eigenvalue weighted by atomic mass is 127. The van der Waals surface area contributed by atoms with Crippen LogP contribution >= 0.6 is 34.4 Å². The SMILES string of the molecule is CC(C)Sc1ccc(F)c(I)c1. The lowest BCUT2D eigenvalue weighted by Crippen LogP contribution is -1.87. The fraction of sp³-hybridized carbons (Fsp3) is 0.333. The standard InChI is InChI=1S/C9H10FIS/c1-6(2)12-7-3-4-8(10)9(11)5-7/h3-6H,1-2H3. The number of thioether (sulfide) groups is 1. The molecular weight excluding hydrogens is 286 g/mol. The number of hydrogen-bond donors (Lipinski definition) is 0. The zero-order valence-corrected chi connectivity index (χ0v) is 9.95. The monoisotopic (exact) mass is 296 g/mol. The van der Waals surface area contributed by atoms with Crippen LogP contribution in [0.5, 0.6) is 0 Å². The second-order valence-electron chi connectivity index (χ2n) is 2.74. The molecule has 0 aliphatic heterocycles. The lowest BCUT2D eigenvalue weighted by Gasteiger charge is -2.04. The van der Waals surface area contributed by atoms with Crippen molar-refractivity contribution in [3.05, 3.63) is 27.6 Å². The van der Waals surface area contributed by atoms with Crippen molar-refractivity contribution in [2.45, 2.75) is 24.0 Å². The summed E-state index contributed by atoms with van der Waals surface area (Å²) in [5.74, 6) is -0.135. The van der Waals surface area contributed by atoms with Crippen LogP contribution < -0.4 is 0 Å². The molecule has 0 radical (unpaired) electrons. The lowest BCUT2D eigenvalue weighted by atomic mass is 10.3. The van der Waals surface area contributed by atoms with E-state index >= 15 is 0 Å². The Morgan fingerprint density at radius 2 is 2.08 bits per heavy atom. The van der Waals surface area contributed by atoms with Crippen LogP contribution in [0.15, 0.2) is 23.1 Å². The molecule has 0 aliphatic rings. The Kier molecular flexibility index (Phi) is 3.83. The lowest BCUT2D eigenvalue weighted by molar-refractivity contribution is 0.619. The molecule has 0 N–H and O–H groups in total. The van der Waals surface area contributed by atoms with Crippen LogP contribution in [-0.4, -0.2) is 5.25 Å². The maximum atomic E-state index is 12.8. The summed E-state index contributed by atoms with van der Waals surface area (Å²) >= 11 is 3.76. The molecule has 0 unspecified atom stereocenters. The van der Waals surface area contributed by atoms with Crippen LogP contribution in [-0.2, 0) is 0 Å². The molecule has 0 saturated carbocycles. The summed E-state index contributed by atoms with van der Waals surface area (Å²) in [4.78, 5) is 1.14. The Balaban J connectivity index is 2.82. The Bertz CT molecular complexity index is 273. The van der Waals surface area contributed by atoms with Crippen LogP contribution in [0.1, 0.15) is 13.8 Å². The molecule has 0 bridgehead atoms. The molecule has 0 atom stereocenters. The van der Waals surface area contributed by atoms with E-state index in [1.54, 1.807) is 11.8 Å². The van der Waals surface area contributed by atoms with E-state index in [4.69, 9.17) is 0 Å². The van der Waals surface area contributed by atoms with Gasteiger partial charge in [0.25, 0.3) is 0 Å². The van der Waals surface area contributed by atoms with Gasteiger partial charge in [0.1, 0.15) is 5.82 Å². The minimum atomic E-state index is -0.135. The van der Waals surface area contributed by atoms with Crippen LogP contribution in [0, 0.1) is 9.39 Å². The van der Waals surface area contributed by atoms with Gasteiger partial charge in [-0.1, -0.05) is 13.8 Å². The van der Waals surface area contributed by atoms with E-state index < -0.39 is 0 Å². The zero-order chi connectivity index (χ0) is 9.14. The minimum Gasteiger partial charge on any atom is -0.206 e. The predicted molar refractivity (Wildman–Crippen MR) is 60.1 cm³/mol. The third-order valence-electron chi connectivity index (χ3n) is 1.26. The summed E-state index contributed by atoms with van der Waals surface area (Å²) in [5, 5.41) is 0.547. The molecular formula is C9H10FIS. The summed E-state index contributed by atoms with van der Waals surface area (Å²) in [6.07, 6.45) is 0. The average Bonchev–Trinajstić information content (AvgIpc) is 1.96. The number of halogens is 2. The average molecular weight is 296 g/mol. The van der Waals surface area contributed by atoms with Gasteiger partial charge >= 0.3 is 0 Å². The number of rotatable bonds is 2. The van der Waals surface area contributed by atoms with E-state index in [1.165, 1.54) is 6.07 Å². The van der Waals surface area contributed by atoms with E-state index in [-0.39, 0.29) is 5.82 Å². The van der Waals surface area contributed by atoms with Crippen molar-refractivity contribution in [1.82, 2.24) is 0 Å². The van der Waals surface area contributed by atoms with Crippen molar-refractivity contribution in [3.8, 4) is 0 Å². The topological polar surface area (TPSA) is 0 Å². The molecule has 0 amide bonds. The molecule has 0 heterocycles. The molecule has 0 aliphatic carbocycles. The molecule has 1 aromatic rings. The first-order valence-corrected chi connectivity index (χ1v) is 5.67. The first-order valence-electron chi connectivity index (χ1n) is 3.71. The molecule has 12 heavy (non-hydrogen) atoms. The highest BCUT2D eigenvalue weighted by Gasteiger charge is 2.02. The van der Waals surface area contributed by atoms with E-state index in [0.717, 1.165) is 4.90 Å². The molecule has 0 spiro atoms. The summed E-state index contributed by atoms with van der Waals surface area (Å²) in [5.41, 5.74) is 0. The van der Waals surface area contributed by atoms with Gasteiger partial charge in [0, 0.05) is 13.7 Å². The highest BCUT2D eigenvalue weighted by Crippen LogP contribution is 2.25. The Morgan fingerprint density at radius 1 is 1.42 bits per heavy atom. The van der Waals surface area contributed by atoms with Crippen LogP contribution in [0.3, 0.4) is 0 Å². The molecule has 1 rings (SSSR count). The molecule has 66 valence electrons. The molecule has 0 saturated heterocycles. The van der Waals surface area contributed by atoms with Crippen LogP contribution in [0.4, 0.5) is 4.39 Å². The van der Waals surface area contributed by atoms with Crippen molar-refractivity contribution in [3.63, 3.8) is 0 Å². The zero-order valence-electron chi connectivity index (χ0n) is 6.97. The van der Waals surface area contributed by atoms with Crippen molar-refractivity contribution in [2.75, 3.05) is 0 Å². The summed E-state index contributed by atoms with van der Waals surface area (Å²) in [7, 11) is 0. The normalized spacial score (nSPS) is 10.8. The van der Waals surface area contributed by atoms with Crippen molar-refractivity contribution < 1.29 is 4.39 Å². The third-order valence-corrected chi connectivity index (χ3v) is 3.09. The molecule has 3 heteroatoms. The van der Waals surface area contributed by atoms with Crippen molar-refractivity contribution >= 4 is 34.4 Å². The molecule has 0 aromatic heterocycles. The first-order chi connectivity index (χ1) is 5.59. The largest absolute Gasteiger partial charge is 0.206 e. The van der Waals surface area contributed by atoms with Gasteiger partial charge in [-0.15, -0.1) is 11.8 Å². The highest BCUT2D eigenvalue weighted by molar-refractivity contribution is 14.1. The summed E-state index contributed by atoms with van der Waals surface area (Å²) < 4.78 is 13.5. The maximum Gasteiger partial charge on any atom is 0.136 e. The van der Waals surface area contributed by atoms with Gasteiger partial charge in [-0.25, -0.2) is 4.39 Å². The van der Waals surface area contributed by atoms with E-state index in [1.807, 2.05) is 34.7 Å². The van der Waals surface area contributed by atoms with Gasteiger partial charge in [0.15, 0.2) is 0 Å². The first kappa shape index (κ1) is 10.3. The van der Waals surface area contributed by atoms with Gasteiger partial charge in [-0.2, -0.15) is 0 Å². The maximum absolute atomic E-state index is 12.8. The molecule has 1 aromatic carbocycles. The summed E-state index contributed by atoms with van der Waals surface area (Å²) in [6.45, 7) is 4.25. The van der Waals surface area contributed by atoms with Gasteiger partial charge in [-0.05, 0) is 40.8 Å². The van der Waals surface area contributed by atoms with Crippen molar-refractivity contribution in [2.24, 2.45) is 0 Å². The predicted octanol–water partition coefficient (Wildman–Crippen LogP) is 3.93.